The summed E-state index contributed by atoms with van der Waals surface area (Å²) < 4.78 is 5.71. The normalized spacial score (nSPS) is 10.7. The van der Waals surface area contributed by atoms with Gasteiger partial charge in [0.25, 0.3) is 11.6 Å². The number of amides is 1. The van der Waals surface area contributed by atoms with Gasteiger partial charge >= 0.3 is 0 Å². The third-order valence-electron chi connectivity index (χ3n) is 3.90. The van der Waals surface area contributed by atoms with E-state index in [1.807, 2.05) is 24.3 Å². The molecule has 0 bridgehead atoms. The first kappa shape index (κ1) is 20.0. The fourth-order valence-corrected chi connectivity index (χ4v) is 2.51. The second-order valence-electron chi connectivity index (χ2n) is 5.99. The van der Waals surface area contributed by atoms with E-state index in [2.05, 4.69) is 10.5 Å². The number of hydrogen-bond acceptors (Lipinski definition) is 5. The third-order valence-corrected chi connectivity index (χ3v) is 4.15. The van der Waals surface area contributed by atoms with Gasteiger partial charge in [0.2, 0.25) is 0 Å². The molecule has 0 atom stereocenters. The first-order valence-electron chi connectivity index (χ1n) is 8.56. The topological polar surface area (TPSA) is 93.8 Å². The molecule has 0 radical (unpaired) electrons. The van der Waals surface area contributed by atoms with Crippen molar-refractivity contribution in [2.75, 3.05) is 0 Å². The molecule has 3 aromatic rings. The average molecular weight is 410 g/mol. The fraction of sp³-hybridized carbons (Fsp3) is 0.0476. The summed E-state index contributed by atoms with van der Waals surface area (Å²) in [6.45, 7) is 0.421. The maximum atomic E-state index is 12.0. The summed E-state index contributed by atoms with van der Waals surface area (Å²) in [7, 11) is 0. The highest BCUT2D eigenvalue weighted by atomic mass is 35.5. The first-order valence-corrected chi connectivity index (χ1v) is 8.94. The molecule has 29 heavy (non-hydrogen) atoms. The zero-order valence-corrected chi connectivity index (χ0v) is 15.9. The van der Waals surface area contributed by atoms with Crippen LogP contribution in [0.3, 0.4) is 0 Å². The molecule has 0 fully saturated rings. The number of ether oxygens (including phenoxy) is 1. The van der Waals surface area contributed by atoms with Crippen LogP contribution in [0.4, 0.5) is 5.69 Å². The van der Waals surface area contributed by atoms with Crippen molar-refractivity contribution in [1.82, 2.24) is 5.43 Å². The molecule has 3 aromatic carbocycles. The molecule has 0 saturated heterocycles. The predicted octanol–water partition coefficient (Wildman–Crippen LogP) is 4.59. The van der Waals surface area contributed by atoms with E-state index in [0.717, 1.165) is 11.1 Å². The van der Waals surface area contributed by atoms with E-state index < -0.39 is 10.8 Å². The van der Waals surface area contributed by atoms with Crippen LogP contribution in [-0.4, -0.2) is 17.0 Å². The van der Waals surface area contributed by atoms with E-state index >= 15 is 0 Å². The maximum absolute atomic E-state index is 12.0. The number of rotatable bonds is 7. The van der Waals surface area contributed by atoms with Crippen LogP contribution in [0.15, 0.2) is 77.9 Å². The van der Waals surface area contributed by atoms with E-state index in [4.69, 9.17) is 16.3 Å². The Balaban J connectivity index is 1.53. The van der Waals surface area contributed by atoms with Gasteiger partial charge in [0.05, 0.1) is 11.1 Å². The van der Waals surface area contributed by atoms with Crippen LogP contribution in [0.5, 0.6) is 5.75 Å². The number of benzene rings is 3. The average Bonchev–Trinajstić information content (AvgIpc) is 2.74. The monoisotopic (exact) mass is 409 g/mol. The predicted molar refractivity (Wildman–Crippen MR) is 110 cm³/mol. The van der Waals surface area contributed by atoms with Gasteiger partial charge in [0.1, 0.15) is 12.4 Å². The van der Waals surface area contributed by atoms with Crippen molar-refractivity contribution in [2.45, 2.75) is 6.61 Å². The van der Waals surface area contributed by atoms with Crippen molar-refractivity contribution in [3.05, 3.63) is 105 Å². The summed E-state index contributed by atoms with van der Waals surface area (Å²) in [6, 6.07) is 20.0. The molecule has 3 rings (SSSR count). The fourth-order valence-electron chi connectivity index (χ4n) is 2.39. The lowest BCUT2D eigenvalue weighted by atomic mass is 10.2. The van der Waals surface area contributed by atoms with Gasteiger partial charge in [0, 0.05) is 22.7 Å². The molecule has 0 aliphatic carbocycles. The Bertz CT molecular complexity index is 1030. The van der Waals surface area contributed by atoms with Gasteiger partial charge in [-0.05, 0) is 53.6 Å². The highest BCUT2D eigenvalue weighted by molar-refractivity contribution is 6.30. The van der Waals surface area contributed by atoms with Crippen LogP contribution in [0.2, 0.25) is 5.02 Å². The van der Waals surface area contributed by atoms with E-state index in [1.165, 1.54) is 30.5 Å². The van der Waals surface area contributed by atoms with Gasteiger partial charge in [-0.2, -0.15) is 5.10 Å². The summed E-state index contributed by atoms with van der Waals surface area (Å²) in [5.41, 5.74) is 4.10. The second-order valence-corrected chi connectivity index (χ2v) is 6.43. The lowest BCUT2D eigenvalue weighted by Crippen LogP contribution is -2.17. The minimum absolute atomic E-state index is 0.155. The quantitative estimate of drug-likeness (QED) is 0.351. The van der Waals surface area contributed by atoms with Crippen LogP contribution in [0, 0.1) is 10.1 Å². The van der Waals surface area contributed by atoms with Gasteiger partial charge in [-0.25, -0.2) is 5.43 Å². The molecule has 8 heteroatoms. The lowest BCUT2D eigenvalue weighted by Gasteiger charge is -2.06. The van der Waals surface area contributed by atoms with Gasteiger partial charge in [0.15, 0.2) is 0 Å². The summed E-state index contributed by atoms with van der Waals surface area (Å²) in [5, 5.41) is 15.3. The second kappa shape index (κ2) is 9.48. The zero-order chi connectivity index (χ0) is 20.6. The molecule has 0 aliphatic heterocycles. The van der Waals surface area contributed by atoms with E-state index in [0.29, 0.717) is 17.4 Å². The number of hydrogen-bond donors (Lipinski definition) is 1. The van der Waals surface area contributed by atoms with E-state index in [1.54, 1.807) is 24.3 Å². The standard InChI is InChI=1S/C21H16ClN3O4/c22-18-8-4-16(5-9-18)14-29-20-10-6-15(7-11-20)13-23-24-21(26)17-2-1-3-19(12-17)25(27)28/h1-13H,14H2,(H,24,26)/b23-13+. The molecule has 146 valence electrons. The molecule has 1 N–H and O–H groups in total. The van der Waals surface area contributed by atoms with E-state index in [-0.39, 0.29) is 11.3 Å². The molecule has 0 heterocycles. The SMILES string of the molecule is O=C(N/N=C/c1ccc(OCc2ccc(Cl)cc2)cc1)c1cccc([N+](=O)[O-])c1. The molecular weight excluding hydrogens is 394 g/mol. The van der Waals surface area contributed by atoms with Crippen LogP contribution in [0.25, 0.3) is 0 Å². The summed E-state index contributed by atoms with van der Waals surface area (Å²) in [4.78, 5) is 22.2. The number of hydrazone groups is 1. The molecule has 0 saturated carbocycles. The van der Waals surface area contributed by atoms with Crippen molar-refractivity contribution in [3.63, 3.8) is 0 Å². The molecule has 0 aromatic heterocycles. The Labute approximate surface area is 171 Å². The summed E-state index contributed by atoms with van der Waals surface area (Å²) in [5.74, 6) is 0.158. The Morgan fingerprint density at radius 1 is 1.10 bits per heavy atom. The van der Waals surface area contributed by atoms with Crippen molar-refractivity contribution in [1.29, 1.82) is 0 Å². The van der Waals surface area contributed by atoms with E-state index in [9.17, 15) is 14.9 Å². The zero-order valence-electron chi connectivity index (χ0n) is 15.1. The van der Waals surface area contributed by atoms with Gasteiger partial charge in [-0.15, -0.1) is 0 Å². The molecular formula is C21H16ClN3O4. The Hall–Kier alpha value is -3.71. The number of carbonyl (C=O) groups is 1. The Kier molecular flexibility index (Phi) is 6.55. The molecule has 7 nitrogen and oxygen atoms in total. The largest absolute Gasteiger partial charge is 0.489 e. The molecule has 0 spiro atoms. The number of nitrogens with zero attached hydrogens (tertiary/aromatic N) is 2. The molecule has 0 aliphatic rings. The number of non-ortho nitro benzene ring substituents is 1. The highest BCUT2D eigenvalue weighted by Gasteiger charge is 2.10. The van der Waals surface area contributed by atoms with Gasteiger partial charge in [-0.1, -0.05) is 29.8 Å². The lowest BCUT2D eigenvalue weighted by molar-refractivity contribution is -0.384. The van der Waals surface area contributed by atoms with Gasteiger partial charge < -0.3 is 4.74 Å². The number of nitro groups is 1. The number of carbonyl (C=O) groups excluding carboxylic acids is 1. The first-order chi connectivity index (χ1) is 14.0. The van der Waals surface area contributed by atoms with Crippen LogP contribution >= 0.6 is 11.6 Å². The van der Waals surface area contributed by atoms with Crippen molar-refractivity contribution in [3.8, 4) is 5.75 Å². The number of halogens is 1. The maximum Gasteiger partial charge on any atom is 0.271 e. The summed E-state index contributed by atoms with van der Waals surface area (Å²) in [6.07, 6.45) is 1.47. The minimum atomic E-state index is -0.559. The van der Waals surface area contributed by atoms with Crippen LogP contribution < -0.4 is 10.2 Å². The number of nitro benzene ring substituents is 1. The third kappa shape index (κ3) is 5.88. The van der Waals surface area contributed by atoms with Crippen LogP contribution in [0.1, 0.15) is 21.5 Å². The minimum Gasteiger partial charge on any atom is -0.489 e. The molecule has 0 unspecified atom stereocenters. The van der Waals surface area contributed by atoms with Crippen molar-refractivity contribution in [2.24, 2.45) is 5.10 Å². The van der Waals surface area contributed by atoms with Crippen molar-refractivity contribution < 1.29 is 14.5 Å². The number of nitrogens with one attached hydrogen (secondary N) is 1. The molecule has 1 amide bonds. The van der Waals surface area contributed by atoms with Crippen LogP contribution in [-0.2, 0) is 6.61 Å². The van der Waals surface area contributed by atoms with Gasteiger partial charge in [-0.3, -0.25) is 14.9 Å². The Morgan fingerprint density at radius 2 is 1.83 bits per heavy atom. The summed E-state index contributed by atoms with van der Waals surface area (Å²) >= 11 is 5.86. The Morgan fingerprint density at radius 3 is 2.52 bits per heavy atom. The van der Waals surface area contributed by atoms with Crippen molar-refractivity contribution >= 4 is 29.4 Å². The smallest absolute Gasteiger partial charge is 0.271 e. The highest BCUT2D eigenvalue weighted by Crippen LogP contribution is 2.15.